The van der Waals surface area contributed by atoms with Crippen LogP contribution in [0.3, 0.4) is 0 Å². The Labute approximate surface area is 106 Å². The second kappa shape index (κ2) is 7.00. The van der Waals surface area contributed by atoms with Gasteiger partial charge in [-0.05, 0) is 43.9 Å². The van der Waals surface area contributed by atoms with E-state index in [1.165, 1.54) is 12.8 Å². The second-order valence-electron chi connectivity index (χ2n) is 6.09. The van der Waals surface area contributed by atoms with Crippen molar-refractivity contribution in [2.45, 2.75) is 58.9 Å². The molecule has 0 bridgehead atoms. The van der Waals surface area contributed by atoms with Gasteiger partial charge >= 0.3 is 0 Å². The van der Waals surface area contributed by atoms with Crippen molar-refractivity contribution in [3.63, 3.8) is 0 Å². The van der Waals surface area contributed by atoms with Crippen LogP contribution in [0.1, 0.15) is 52.9 Å². The van der Waals surface area contributed by atoms with Crippen LogP contribution in [-0.4, -0.2) is 18.5 Å². The molecule has 0 spiro atoms. The number of amides is 1. The van der Waals surface area contributed by atoms with Gasteiger partial charge in [0.1, 0.15) is 0 Å². The van der Waals surface area contributed by atoms with E-state index in [1.54, 1.807) is 0 Å². The standard InChI is InChI=1S/C14H28N2O/c1-10(2)8-13(15)9-16-14(17)12-6-4-11(3)5-7-12/h10-13H,4-9,15H2,1-3H3,(H,16,17). The van der Waals surface area contributed by atoms with E-state index in [0.29, 0.717) is 12.5 Å². The average molecular weight is 240 g/mol. The van der Waals surface area contributed by atoms with Gasteiger partial charge in [-0.1, -0.05) is 20.8 Å². The molecule has 1 rings (SSSR count). The van der Waals surface area contributed by atoms with Gasteiger partial charge in [-0.25, -0.2) is 0 Å². The van der Waals surface area contributed by atoms with Crippen LogP contribution >= 0.6 is 0 Å². The zero-order valence-corrected chi connectivity index (χ0v) is 11.5. The monoisotopic (exact) mass is 240 g/mol. The minimum absolute atomic E-state index is 0.0986. The van der Waals surface area contributed by atoms with Crippen LogP contribution in [-0.2, 0) is 4.79 Å². The van der Waals surface area contributed by atoms with E-state index >= 15 is 0 Å². The highest BCUT2D eigenvalue weighted by Crippen LogP contribution is 2.28. The van der Waals surface area contributed by atoms with E-state index in [2.05, 4.69) is 26.1 Å². The van der Waals surface area contributed by atoms with Gasteiger partial charge in [-0.2, -0.15) is 0 Å². The number of rotatable bonds is 5. The van der Waals surface area contributed by atoms with Gasteiger partial charge in [0, 0.05) is 18.5 Å². The second-order valence-corrected chi connectivity index (χ2v) is 6.09. The molecule has 17 heavy (non-hydrogen) atoms. The summed E-state index contributed by atoms with van der Waals surface area (Å²) in [7, 11) is 0. The van der Waals surface area contributed by atoms with Crippen molar-refractivity contribution < 1.29 is 4.79 Å². The van der Waals surface area contributed by atoms with E-state index in [1.807, 2.05) is 0 Å². The average Bonchev–Trinajstić information content (AvgIpc) is 2.26. The fourth-order valence-electron chi connectivity index (χ4n) is 2.59. The highest BCUT2D eigenvalue weighted by Gasteiger charge is 2.24. The third-order valence-electron chi connectivity index (χ3n) is 3.70. The van der Waals surface area contributed by atoms with E-state index in [4.69, 9.17) is 5.73 Å². The van der Waals surface area contributed by atoms with E-state index in [9.17, 15) is 4.79 Å². The smallest absolute Gasteiger partial charge is 0.223 e. The summed E-state index contributed by atoms with van der Waals surface area (Å²) in [6, 6.07) is 0.0986. The lowest BCUT2D eigenvalue weighted by atomic mass is 9.82. The van der Waals surface area contributed by atoms with Crippen LogP contribution < -0.4 is 11.1 Å². The molecule has 100 valence electrons. The van der Waals surface area contributed by atoms with Crippen LogP contribution in [0.5, 0.6) is 0 Å². The molecule has 1 fully saturated rings. The molecule has 1 aliphatic rings. The molecule has 0 saturated heterocycles. The Morgan fingerprint density at radius 3 is 2.41 bits per heavy atom. The predicted molar refractivity (Wildman–Crippen MR) is 71.6 cm³/mol. The molecule has 0 aromatic rings. The summed E-state index contributed by atoms with van der Waals surface area (Å²) in [6.07, 6.45) is 5.45. The fraction of sp³-hybridized carbons (Fsp3) is 0.929. The van der Waals surface area contributed by atoms with E-state index in [-0.39, 0.29) is 17.9 Å². The van der Waals surface area contributed by atoms with Gasteiger partial charge in [0.2, 0.25) is 5.91 Å². The van der Waals surface area contributed by atoms with Crippen molar-refractivity contribution in [1.82, 2.24) is 5.32 Å². The number of carbonyl (C=O) groups excluding carboxylic acids is 1. The molecule has 0 aromatic heterocycles. The Balaban J connectivity index is 2.20. The van der Waals surface area contributed by atoms with E-state index in [0.717, 1.165) is 25.2 Å². The summed E-state index contributed by atoms with van der Waals surface area (Å²) in [5.74, 6) is 1.84. The van der Waals surface area contributed by atoms with Crippen molar-refractivity contribution >= 4 is 5.91 Å². The van der Waals surface area contributed by atoms with Gasteiger partial charge in [0.25, 0.3) is 0 Å². The molecule has 1 aliphatic carbocycles. The Morgan fingerprint density at radius 2 is 1.88 bits per heavy atom. The lowest BCUT2D eigenvalue weighted by Crippen LogP contribution is -2.41. The summed E-state index contributed by atoms with van der Waals surface area (Å²) in [5, 5.41) is 3.01. The van der Waals surface area contributed by atoms with Crippen molar-refractivity contribution in [3.8, 4) is 0 Å². The molecular formula is C14H28N2O. The zero-order valence-electron chi connectivity index (χ0n) is 11.5. The summed E-state index contributed by atoms with van der Waals surface area (Å²) in [5.41, 5.74) is 5.96. The normalized spacial score (nSPS) is 26.9. The van der Waals surface area contributed by atoms with E-state index < -0.39 is 0 Å². The van der Waals surface area contributed by atoms with Crippen molar-refractivity contribution in [2.75, 3.05) is 6.54 Å². The molecular weight excluding hydrogens is 212 g/mol. The minimum Gasteiger partial charge on any atom is -0.354 e. The maximum Gasteiger partial charge on any atom is 0.223 e. The molecule has 3 N–H and O–H groups in total. The SMILES string of the molecule is CC(C)CC(N)CNC(=O)C1CCC(C)CC1. The lowest BCUT2D eigenvalue weighted by Gasteiger charge is -2.26. The molecule has 1 atom stereocenters. The third-order valence-corrected chi connectivity index (χ3v) is 3.70. The molecule has 1 amide bonds. The largest absolute Gasteiger partial charge is 0.354 e. The molecule has 3 nitrogen and oxygen atoms in total. The van der Waals surface area contributed by atoms with Crippen LogP contribution in [0.25, 0.3) is 0 Å². The highest BCUT2D eigenvalue weighted by molar-refractivity contribution is 5.78. The first kappa shape index (κ1) is 14.5. The van der Waals surface area contributed by atoms with Gasteiger partial charge in [0.15, 0.2) is 0 Å². The number of hydrogen-bond acceptors (Lipinski definition) is 2. The summed E-state index contributed by atoms with van der Waals surface area (Å²) in [6.45, 7) is 7.21. The number of nitrogens with one attached hydrogen (secondary N) is 1. The Morgan fingerprint density at radius 1 is 1.29 bits per heavy atom. The third kappa shape index (κ3) is 5.53. The first-order valence-electron chi connectivity index (χ1n) is 7.02. The number of nitrogens with two attached hydrogens (primary N) is 1. The van der Waals surface area contributed by atoms with Gasteiger partial charge in [-0.3, -0.25) is 4.79 Å². The lowest BCUT2D eigenvalue weighted by molar-refractivity contribution is -0.126. The molecule has 0 radical (unpaired) electrons. The molecule has 3 heteroatoms. The van der Waals surface area contributed by atoms with Gasteiger partial charge in [0.05, 0.1) is 0 Å². The first-order valence-corrected chi connectivity index (χ1v) is 7.02. The van der Waals surface area contributed by atoms with Gasteiger partial charge < -0.3 is 11.1 Å². The van der Waals surface area contributed by atoms with Crippen LogP contribution in [0, 0.1) is 17.8 Å². The van der Waals surface area contributed by atoms with Crippen molar-refractivity contribution in [2.24, 2.45) is 23.5 Å². The Bertz CT molecular complexity index is 232. The van der Waals surface area contributed by atoms with Crippen molar-refractivity contribution in [1.29, 1.82) is 0 Å². The van der Waals surface area contributed by atoms with Crippen molar-refractivity contribution in [3.05, 3.63) is 0 Å². The Hall–Kier alpha value is -0.570. The molecule has 0 aliphatic heterocycles. The summed E-state index contributed by atoms with van der Waals surface area (Å²) >= 11 is 0. The summed E-state index contributed by atoms with van der Waals surface area (Å²) in [4.78, 5) is 11.9. The fourth-order valence-corrected chi connectivity index (χ4v) is 2.59. The molecule has 0 aromatic carbocycles. The Kier molecular flexibility index (Phi) is 5.96. The first-order chi connectivity index (χ1) is 7.99. The predicted octanol–water partition coefficient (Wildman–Crippen LogP) is 2.30. The van der Waals surface area contributed by atoms with Gasteiger partial charge in [-0.15, -0.1) is 0 Å². The maximum absolute atomic E-state index is 11.9. The number of hydrogen-bond donors (Lipinski definition) is 2. The maximum atomic E-state index is 11.9. The number of carbonyl (C=O) groups is 1. The van der Waals surface area contributed by atoms with Crippen LogP contribution in [0.4, 0.5) is 0 Å². The van der Waals surface area contributed by atoms with Crippen LogP contribution in [0.15, 0.2) is 0 Å². The topological polar surface area (TPSA) is 55.1 Å². The highest BCUT2D eigenvalue weighted by atomic mass is 16.1. The van der Waals surface area contributed by atoms with Crippen LogP contribution in [0.2, 0.25) is 0 Å². The molecule has 0 heterocycles. The molecule has 1 saturated carbocycles. The molecule has 1 unspecified atom stereocenters. The minimum atomic E-state index is 0.0986. The zero-order chi connectivity index (χ0) is 12.8. The quantitative estimate of drug-likeness (QED) is 0.774. The summed E-state index contributed by atoms with van der Waals surface area (Å²) < 4.78 is 0.